The zero-order valence-electron chi connectivity index (χ0n) is 14.0. The second-order valence-electron chi connectivity index (χ2n) is 6.96. The van der Waals surface area contributed by atoms with Crippen LogP contribution in [-0.2, 0) is 4.74 Å². The van der Waals surface area contributed by atoms with Crippen molar-refractivity contribution in [2.24, 2.45) is 0 Å². The van der Waals surface area contributed by atoms with Gasteiger partial charge in [-0.05, 0) is 52.2 Å². The zero-order chi connectivity index (χ0) is 17.0. The third-order valence-electron chi connectivity index (χ3n) is 3.82. The molecule has 1 aliphatic heterocycles. The summed E-state index contributed by atoms with van der Waals surface area (Å²) in [6.45, 7) is 6.23. The van der Waals surface area contributed by atoms with Crippen molar-refractivity contribution in [2.45, 2.75) is 58.1 Å². The zero-order valence-corrected chi connectivity index (χ0v) is 15.6. The van der Waals surface area contributed by atoms with Gasteiger partial charge in [0.05, 0.1) is 0 Å². The first kappa shape index (κ1) is 18.0. The Kier molecular flexibility index (Phi) is 5.84. The number of hydrogen-bond acceptors (Lipinski definition) is 3. The molecule has 2 rings (SSSR count). The Balaban J connectivity index is 2.06. The van der Waals surface area contributed by atoms with E-state index in [0.717, 1.165) is 23.7 Å². The summed E-state index contributed by atoms with van der Waals surface area (Å²) in [5.41, 5.74) is 0.155. The lowest BCUT2D eigenvalue weighted by atomic mass is 9.95. The maximum atomic E-state index is 12.5. The number of Topliss-reactive ketones (excluding diaryl/α,β-unsaturated/α-hetero) is 1. The Hall–Kier alpha value is -1.36. The standard InChI is InChI=1S/C18H24BrNO3/c1-18(2,3)23-17(22)20-10-5-4-9-15(20)12-16(21)13-7-6-8-14(19)11-13/h6-8,11,15H,4-5,9-10,12H2,1-3H3. The molecule has 5 heteroatoms. The van der Waals surface area contributed by atoms with Gasteiger partial charge in [0.1, 0.15) is 5.60 Å². The highest BCUT2D eigenvalue weighted by atomic mass is 79.9. The average molecular weight is 382 g/mol. The summed E-state index contributed by atoms with van der Waals surface area (Å²) in [6.07, 6.45) is 2.87. The molecule has 1 aromatic carbocycles. The van der Waals surface area contributed by atoms with Crippen molar-refractivity contribution < 1.29 is 14.3 Å². The fourth-order valence-electron chi connectivity index (χ4n) is 2.77. The van der Waals surface area contributed by atoms with Crippen molar-refractivity contribution in [1.29, 1.82) is 0 Å². The molecule has 0 radical (unpaired) electrons. The van der Waals surface area contributed by atoms with Gasteiger partial charge in [-0.25, -0.2) is 4.79 Å². The van der Waals surface area contributed by atoms with E-state index < -0.39 is 5.60 Å². The number of ether oxygens (including phenoxy) is 1. The van der Waals surface area contributed by atoms with Crippen LogP contribution in [0.3, 0.4) is 0 Å². The van der Waals surface area contributed by atoms with Crippen molar-refractivity contribution in [3.05, 3.63) is 34.3 Å². The summed E-state index contributed by atoms with van der Waals surface area (Å²) in [4.78, 5) is 26.6. The number of halogens is 1. The number of piperidine rings is 1. The highest BCUT2D eigenvalue weighted by molar-refractivity contribution is 9.10. The molecule has 126 valence electrons. The quantitative estimate of drug-likeness (QED) is 0.705. The molecular weight excluding hydrogens is 358 g/mol. The first-order chi connectivity index (χ1) is 10.8. The Labute approximate surface area is 146 Å². The van der Waals surface area contributed by atoms with Crippen LogP contribution in [0.1, 0.15) is 56.8 Å². The van der Waals surface area contributed by atoms with E-state index in [2.05, 4.69) is 15.9 Å². The number of nitrogens with zero attached hydrogens (tertiary/aromatic N) is 1. The summed E-state index contributed by atoms with van der Waals surface area (Å²) in [5.74, 6) is 0.0618. The molecule has 1 atom stereocenters. The van der Waals surface area contributed by atoms with E-state index >= 15 is 0 Å². The molecule has 0 bridgehead atoms. The van der Waals surface area contributed by atoms with Gasteiger partial charge >= 0.3 is 6.09 Å². The predicted octanol–water partition coefficient (Wildman–Crippen LogP) is 4.81. The summed E-state index contributed by atoms with van der Waals surface area (Å²) in [5, 5.41) is 0. The van der Waals surface area contributed by atoms with E-state index in [1.165, 1.54) is 0 Å². The average Bonchev–Trinajstić information content (AvgIpc) is 2.46. The second-order valence-corrected chi connectivity index (χ2v) is 7.88. The molecule has 1 amide bonds. The van der Waals surface area contributed by atoms with E-state index in [0.29, 0.717) is 18.5 Å². The van der Waals surface area contributed by atoms with Crippen molar-refractivity contribution in [1.82, 2.24) is 4.90 Å². The molecule has 23 heavy (non-hydrogen) atoms. The van der Waals surface area contributed by atoms with Crippen molar-refractivity contribution in [3.8, 4) is 0 Å². The molecule has 0 spiro atoms. The fraction of sp³-hybridized carbons (Fsp3) is 0.556. The first-order valence-electron chi connectivity index (χ1n) is 8.04. The molecule has 0 aromatic heterocycles. The highest BCUT2D eigenvalue weighted by Gasteiger charge is 2.31. The third-order valence-corrected chi connectivity index (χ3v) is 4.32. The molecule has 4 nitrogen and oxygen atoms in total. The third kappa shape index (κ3) is 5.34. The van der Waals surface area contributed by atoms with Crippen LogP contribution in [0.2, 0.25) is 0 Å². The maximum Gasteiger partial charge on any atom is 0.410 e. The largest absolute Gasteiger partial charge is 0.444 e. The molecule has 1 unspecified atom stereocenters. The highest BCUT2D eigenvalue weighted by Crippen LogP contribution is 2.24. The van der Waals surface area contributed by atoms with Crippen LogP contribution < -0.4 is 0 Å². The molecular formula is C18H24BrNO3. The van der Waals surface area contributed by atoms with Crippen molar-refractivity contribution in [2.75, 3.05) is 6.54 Å². The lowest BCUT2D eigenvalue weighted by molar-refractivity contribution is 0.00946. The number of hydrogen-bond donors (Lipinski definition) is 0. The number of benzene rings is 1. The monoisotopic (exact) mass is 381 g/mol. The van der Waals surface area contributed by atoms with Crippen LogP contribution in [0.4, 0.5) is 4.79 Å². The van der Waals surface area contributed by atoms with E-state index in [1.54, 1.807) is 4.90 Å². The van der Waals surface area contributed by atoms with Crippen LogP contribution in [0.5, 0.6) is 0 Å². The Morgan fingerprint density at radius 2 is 2.04 bits per heavy atom. The van der Waals surface area contributed by atoms with E-state index in [4.69, 9.17) is 4.74 Å². The Morgan fingerprint density at radius 3 is 2.70 bits per heavy atom. The summed E-state index contributed by atoms with van der Waals surface area (Å²) in [6, 6.07) is 7.30. The Morgan fingerprint density at radius 1 is 1.30 bits per heavy atom. The number of carbonyl (C=O) groups excluding carboxylic acids is 2. The predicted molar refractivity (Wildman–Crippen MR) is 93.7 cm³/mol. The minimum absolute atomic E-state index is 0.0618. The minimum Gasteiger partial charge on any atom is -0.444 e. The molecule has 0 N–H and O–H groups in total. The fourth-order valence-corrected chi connectivity index (χ4v) is 3.17. The SMILES string of the molecule is CC(C)(C)OC(=O)N1CCCCC1CC(=O)c1cccc(Br)c1. The normalized spacial score (nSPS) is 18.6. The number of amides is 1. The molecule has 1 aromatic rings. The van der Waals surface area contributed by atoms with Gasteiger partial charge in [-0.3, -0.25) is 4.79 Å². The van der Waals surface area contributed by atoms with Crippen LogP contribution in [0.25, 0.3) is 0 Å². The van der Waals surface area contributed by atoms with E-state index in [1.807, 2.05) is 45.0 Å². The molecule has 1 heterocycles. The van der Waals surface area contributed by atoms with Crippen LogP contribution in [0.15, 0.2) is 28.7 Å². The summed E-state index contributed by atoms with van der Waals surface area (Å²) >= 11 is 3.39. The lowest BCUT2D eigenvalue weighted by Gasteiger charge is -2.36. The number of carbonyl (C=O) groups is 2. The van der Waals surface area contributed by atoms with Crippen LogP contribution >= 0.6 is 15.9 Å². The summed E-state index contributed by atoms with van der Waals surface area (Å²) in [7, 11) is 0. The van der Waals surface area contributed by atoms with Gasteiger partial charge in [0.15, 0.2) is 5.78 Å². The van der Waals surface area contributed by atoms with E-state index in [9.17, 15) is 9.59 Å². The molecule has 1 aliphatic rings. The molecule has 1 fully saturated rings. The van der Waals surface area contributed by atoms with Gasteiger partial charge in [-0.15, -0.1) is 0 Å². The topological polar surface area (TPSA) is 46.6 Å². The minimum atomic E-state index is -0.520. The van der Waals surface area contributed by atoms with Gasteiger partial charge in [-0.1, -0.05) is 28.1 Å². The van der Waals surface area contributed by atoms with Crippen LogP contribution in [-0.4, -0.2) is 35.0 Å². The molecule has 1 saturated heterocycles. The van der Waals surface area contributed by atoms with Gasteiger partial charge < -0.3 is 9.64 Å². The van der Waals surface area contributed by atoms with Gasteiger partial charge in [0.25, 0.3) is 0 Å². The van der Waals surface area contributed by atoms with Gasteiger partial charge in [-0.2, -0.15) is 0 Å². The number of rotatable bonds is 3. The smallest absolute Gasteiger partial charge is 0.410 e. The van der Waals surface area contributed by atoms with E-state index in [-0.39, 0.29) is 17.9 Å². The molecule has 0 saturated carbocycles. The summed E-state index contributed by atoms with van der Waals surface area (Å²) < 4.78 is 6.37. The lowest BCUT2D eigenvalue weighted by Crippen LogP contribution is -2.46. The van der Waals surface area contributed by atoms with Crippen molar-refractivity contribution in [3.63, 3.8) is 0 Å². The van der Waals surface area contributed by atoms with Crippen LogP contribution in [0, 0.1) is 0 Å². The second kappa shape index (κ2) is 7.47. The van der Waals surface area contributed by atoms with Crippen molar-refractivity contribution >= 4 is 27.8 Å². The van der Waals surface area contributed by atoms with Gasteiger partial charge in [0.2, 0.25) is 0 Å². The Bertz CT molecular complexity index is 580. The molecule has 0 aliphatic carbocycles. The number of ketones is 1. The number of likely N-dealkylation sites (tertiary alicyclic amines) is 1. The maximum absolute atomic E-state index is 12.5. The first-order valence-corrected chi connectivity index (χ1v) is 8.84. The van der Waals surface area contributed by atoms with Gasteiger partial charge in [0, 0.05) is 29.0 Å².